The van der Waals surface area contributed by atoms with E-state index in [0.717, 1.165) is 12.0 Å². The zero-order valence-electron chi connectivity index (χ0n) is 22.8. The van der Waals surface area contributed by atoms with E-state index in [-0.39, 0.29) is 36.2 Å². The van der Waals surface area contributed by atoms with E-state index in [9.17, 15) is 39.6 Å². The number of primary amides is 1. The number of nitrogens with one attached hydrogen (secondary N) is 1. The smallest absolute Gasteiger partial charge is 0.255 e. The van der Waals surface area contributed by atoms with Gasteiger partial charge in [0.1, 0.15) is 29.4 Å². The van der Waals surface area contributed by atoms with Crippen LogP contribution in [0.2, 0.25) is 0 Å². The first-order chi connectivity index (χ1) is 19.3. The highest BCUT2D eigenvalue weighted by molar-refractivity contribution is 6.24. The van der Waals surface area contributed by atoms with E-state index in [4.69, 9.17) is 5.73 Å². The van der Waals surface area contributed by atoms with Crippen molar-refractivity contribution in [3.05, 3.63) is 64.2 Å². The summed E-state index contributed by atoms with van der Waals surface area (Å²) in [4.78, 5) is 53.3. The monoisotopic (exact) mass is 564 g/mol. The van der Waals surface area contributed by atoms with Crippen LogP contribution in [0.15, 0.2) is 47.5 Å². The Kier molecular flexibility index (Phi) is 6.79. The second-order valence-electron chi connectivity index (χ2n) is 11.1. The van der Waals surface area contributed by atoms with Crippen molar-refractivity contribution in [2.45, 2.75) is 44.4 Å². The lowest BCUT2D eigenvalue weighted by molar-refractivity contribution is -0.153. The fourth-order valence-electron chi connectivity index (χ4n) is 6.47. The SMILES string of the molecule is CCc1ccn(CC(=O)Nc2ccc3c(c2O)C(O)=C2C(=O)[C@]4(O)C(O)=C(C(N)=O)C(=O)[C@@H](N(C)C)C4CC2C3)c1. The van der Waals surface area contributed by atoms with Gasteiger partial charge in [-0.05, 0) is 62.5 Å². The highest BCUT2D eigenvalue weighted by atomic mass is 16.3. The first-order valence-corrected chi connectivity index (χ1v) is 13.2. The standard InChI is InChI=1S/C29H32N4O8/c1-4-13-7-8-33(11-13)12-18(34)31-17-6-5-14-9-15-10-16-22(32(2)3)25(37)21(28(30)40)27(39)29(16,41)26(38)20(15)24(36)19(14)23(17)35/h5-8,11,15-16,22,35-36,39,41H,4,9-10,12H2,1-3H3,(H2,30,40)(H,31,34)/t15?,16?,22-,29-/m0/s1. The number of aliphatic hydroxyl groups is 3. The number of benzene rings is 1. The minimum absolute atomic E-state index is 0.00162. The second kappa shape index (κ2) is 9.89. The van der Waals surface area contributed by atoms with Crippen LogP contribution in [0.5, 0.6) is 5.75 Å². The molecule has 1 aromatic carbocycles. The number of aliphatic hydroxyl groups excluding tert-OH is 2. The number of nitrogens with zero attached hydrogens (tertiary/aromatic N) is 2. The van der Waals surface area contributed by atoms with Crippen LogP contribution < -0.4 is 11.1 Å². The minimum atomic E-state index is -2.71. The molecule has 4 atom stereocenters. The van der Waals surface area contributed by atoms with Crippen LogP contribution in [-0.4, -0.2) is 79.0 Å². The summed E-state index contributed by atoms with van der Waals surface area (Å²) in [5.74, 6) is -7.66. The van der Waals surface area contributed by atoms with Crippen LogP contribution in [-0.2, 0) is 38.6 Å². The molecule has 1 saturated carbocycles. The number of anilines is 1. The van der Waals surface area contributed by atoms with Gasteiger partial charge in [0.25, 0.3) is 5.91 Å². The Morgan fingerprint density at radius 2 is 1.88 bits per heavy atom. The number of amides is 2. The number of fused-ring (bicyclic) bond motifs is 3. The summed E-state index contributed by atoms with van der Waals surface area (Å²) in [6.07, 6.45) is 4.58. The van der Waals surface area contributed by atoms with E-state index < -0.39 is 69.7 Å². The molecule has 1 fully saturated rings. The van der Waals surface area contributed by atoms with E-state index in [2.05, 4.69) is 5.32 Å². The Labute approximate surface area is 235 Å². The molecule has 2 aromatic rings. The maximum atomic E-state index is 13.9. The van der Waals surface area contributed by atoms with E-state index >= 15 is 0 Å². The Bertz CT molecular complexity index is 1570. The van der Waals surface area contributed by atoms with Crippen molar-refractivity contribution < 1.29 is 39.6 Å². The summed E-state index contributed by atoms with van der Waals surface area (Å²) < 4.78 is 1.70. The molecule has 0 aliphatic heterocycles. The summed E-state index contributed by atoms with van der Waals surface area (Å²) in [6, 6.07) is 3.86. The molecule has 2 unspecified atom stereocenters. The van der Waals surface area contributed by atoms with Crippen molar-refractivity contribution in [2.24, 2.45) is 17.6 Å². The number of phenols is 1. The van der Waals surface area contributed by atoms with Gasteiger partial charge < -0.3 is 36.0 Å². The highest BCUT2D eigenvalue weighted by Crippen LogP contribution is 2.53. The van der Waals surface area contributed by atoms with Crippen molar-refractivity contribution in [1.82, 2.24) is 9.47 Å². The van der Waals surface area contributed by atoms with Crippen LogP contribution in [0.3, 0.4) is 0 Å². The van der Waals surface area contributed by atoms with Crippen LogP contribution in [0, 0.1) is 11.8 Å². The third-order valence-electron chi connectivity index (χ3n) is 8.41. The molecular formula is C29H32N4O8. The summed E-state index contributed by atoms with van der Waals surface area (Å²) in [6.45, 7) is 1.98. The molecule has 1 heterocycles. The lowest BCUT2D eigenvalue weighted by Gasteiger charge is -2.50. The summed E-state index contributed by atoms with van der Waals surface area (Å²) in [5, 5.41) is 47.6. The quantitative estimate of drug-likeness (QED) is 0.219. The largest absolute Gasteiger partial charge is 0.508 e. The van der Waals surface area contributed by atoms with Gasteiger partial charge in [-0.25, -0.2) is 0 Å². The normalized spacial score (nSPS) is 25.6. The van der Waals surface area contributed by atoms with E-state index in [1.165, 1.54) is 11.0 Å². The first kappa shape index (κ1) is 28.1. The number of hydrogen-bond donors (Lipinski definition) is 6. The molecule has 41 heavy (non-hydrogen) atoms. The fraction of sp³-hybridized carbons (Fsp3) is 0.379. The van der Waals surface area contributed by atoms with Crippen LogP contribution in [0.25, 0.3) is 5.76 Å². The van der Waals surface area contributed by atoms with Gasteiger partial charge in [0, 0.05) is 23.9 Å². The zero-order valence-corrected chi connectivity index (χ0v) is 22.8. The second-order valence-corrected chi connectivity index (χ2v) is 11.1. The third kappa shape index (κ3) is 4.21. The zero-order chi connectivity index (χ0) is 30.0. The van der Waals surface area contributed by atoms with Crippen molar-refractivity contribution >= 4 is 34.8 Å². The van der Waals surface area contributed by atoms with Crippen molar-refractivity contribution in [3.63, 3.8) is 0 Å². The molecule has 2 amide bonds. The molecule has 5 rings (SSSR count). The molecule has 1 aromatic heterocycles. The molecule has 216 valence electrons. The van der Waals surface area contributed by atoms with Gasteiger partial charge in [-0.1, -0.05) is 13.0 Å². The number of aryl methyl sites for hydroxylation is 1. The van der Waals surface area contributed by atoms with Crippen molar-refractivity contribution in [3.8, 4) is 5.75 Å². The number of nitrogens with two attached hydrogens (primary N) is 1. The van der Waals surface area contributed by atoms with Gasteiger partial charge in [0.2, 0.25) is 11.7 Å². The Balaban J connectivity index is 1.54. The third-order valence-corrected chi connectivity index (χ3v) is 8.41. The van der Waals surface area contributed by atoms with Gasteiger partial charge in [0.15, 0.2) is 11.4 Å². The molecule has 12 heteroatoms. The Morgan fingerprint density at radius 1 is 1.17 bits per heavy atom. The Morgan fingerprint density at radius 3 is 2.49 bits per heavy atom. The lowest BCUT2D eigenvalue weighted by atomic mass is 9.57. The maximum Gasteiger partial charge on any atom is 0.255 e. The van der Waals surface area contributed by atoms with Gasteiger partial charge in [-0.15, -0.1) is 0 Å². The minimum Gasteiger partial charge on any atom is -0.508 e. The number of carbonyl (C=O) groups excluding carboxylic acids is 4. The predicted molar refractivity (Wildman–Crippen MR) is 147 cm³/mol. The molecule has 0 bridgehead atoms. The predicted octanol–water partition coefficient (Wildman–Crippen LogP) is 0.967. The average molecular weight is 565 g/mol. The van der Waals surface area contributed by atoms with Crippen LogP contribution in [0.4, 0.5) is 5.69 Å². The molecule has 7 N–H and O–H groups in total. The fourth-order valence-corrected chi connectivity index (χ4v) is 6.47. The van der Waals surface area contributed by atoms with E-state index in [1.54, 1.807) is 30.9 Å². The maximum absolute atomic E-state index is 13.9. The molecule has 3 aliphatic rings. The topological polar surface area (TPSA) is 195 Å². The van der Waals surface area contributed by atoms with Gasteiger partial charge >= 0.3 is 0 Å². The van der Waals surface area contributed by atoms with Gasteiger partial charge in [-0.3, -0.25) is 24.1 Å². The number of likely N-dealkylation sites (N-methyl/N-ethyl adjacent to an activating group) is 1. The summed E-state index contributed by atoms with van der Waals surface area (Å²) in [7, 11) is 3.08. The van der Waals surface area contributed by atoms with Crippen molar-refractivity contribution in [2.75, 3.05) is 19.4 Å². The first-order valence-electron chi connectivity index (χ1n) is 13.2. The Hall–Kier alpha value is -4.42. The number of hydrogen-bond acceptors (Lipinski definition) is 9. The number of aromatic nitrogens is 1. The number of phenolic OH excluding ortho intramolecular Hbond substituents is 1. The molecule has 3 aliphatic carbocycles. The molecule has 0 saturated heterocycles. The molecular weight excluding hydrogens is 532 g/mol. The number of ketones is 2. The van der Waals surface area contributed by atoms with Crippen LogP contribution in [0.1, 0.15) is 30.0 Å². The highest BCUT2D eigenvalue weighted by Gasteiger charge is 2.64. The molecule has 0 radical (unpaired) electrons. The number of carbonyl (C=O) groups is 4. The van der Waals surface area contributed by atoms with E-state index in [0.29, 0.717) is 5.56 Å². The van der Waals surface area contributed by atoms with Gasteiger partial charge in [0.05, 0.1) is 17.3 Å². The van der Waals surface area contributed by atoms with Crippen LogP contribution >= 0.6 is 0 Å². The number of rotatable bonds is 6. The molecule has 0 spiro atoms. The lowest BCUT2D eigenvalue weighted by Crippen LogP contribution is -2.65. The van der Waals surface area contributed by atoms with E-state index in [1.807, 2.05) is 19.2 Å². The van der Waals surface area contributed by atoms with Gasteiger partial charge in [-0.2, -0.15) is 0 Å². The molecule has 12 nitrogen and oxygen atoms in total. The number of Topliss-reactive ketones (excluding diaryl/α,β-unsaturated/α-hetero) is 2. The average Bonchev–Trinajstić information content (AvgIpc) is 3.34. The number of aromatic hydroxyl groups is 1. The summed E-state index contributed by atoms with van der Waals surface area (Å²) in [5.41, 5.74) is 2.98. The summed E-state index contributed by atoms with van der Waals surface area (Å²) >= 11 is 0. The van der Waals surface area contributed by atoms with Crippen molar-refractivity contribution in [1.29, 1.82) is 0 Å².